The molecule has 1 saturated heterocycles. The Bertz CT molecular complexity index is 905. The smallest absolute Gasteiger partial charge is 0.167 e. The van der Waals surface area contributed by atoms with Gasteiger partial charge in [-0.25, -0.2) is 9.97 Å². The van der Waals surface area contributed by atoms with Crippen LogP contribution in [0.1, 0.15) is 13.2 Å². The van der Waals surface area contributed by atoms with Gasteiger partial charge in [0.15, 0.2) is 6.23 Å². The van der Waals surface area contributed by atoms with Gasteiger partial charge in [-0.3, -0.25) is 0 Å². The molecule has 9 heteroatoms. The predicted octanol–water partition coefficient (Wildman–Crippen LogP) is 0.275. The Balaban J connectivity index is 1.93. The van der Waals surface area contributed by atoms with Gasteiger partial charge in [0, 0.05) is 11.8 Å². The number of hydrogen-bond acceptors (Lipinski definition) is 8. The molecule has 0 aromatic carbocycles. The lowest BCUT2D eigenvalue weighted by Gasteiger charge is -2.27. The van der Waals surface area contributed by atoms with E-state index in [2.05, 4.69) is 9.97 Å². The molecule has 4 heterocycles. The van der Waals surface area contributed by atoms with Gasteiger partial charge in [0.2, 0.25) is 0 Å². The molecular weight excluding hydrogens is 328 g/mol. The summed E-state index contributed by atoms with van der Waals surface area (Å²) in [5.41, 5.74) is 5.45. The lowest BCUT2D eigenvalue weighted by molar-refractivity contribution is -0.0948. The van der Waals surface area contributed by atoms with Gasteiger partial charge in [-0.2, -0.15) is 0 Å². The molecule has 9 nitrogen and oxygen atoms in total. The minimum atomic E-state index is -1.64. The van der Waals surface area contributed by atoms with Crippen LogP contribution in [0.3, 0.4) is 0 Å². The van der Waals surface area contributed by atoms with Crippen molar-refractivity contribution in [1.82, 2.24) is 14.5 Å². The summed E-state index contributed by atoms with van der Waals surface area (Å²) in [5.74, 6) is 0.814. The Labute approximate surface area is 142 Å². The standard InChI is InChI=1S/C16H18N4O5/c1-16(23)12(22)10(6-21)25-15(16)20-5-8(9-3-2-4-24-9)11-13(17)18-7-19-14(11)20/h2-5,7,10,12,15,21-23H,6H2,1H3,(H2,17,18,19)/t10-,12-,15-,16-/m1/s1. The van der Waals surface area contributed by atoms with Crippen LogP contribution in [-0.2, 0) is 4.74 Å². The molecule has 25 heavy (non-hydrogen) atoms. The molecule has 4 atom stereocenters. The minimum absolute atomic E-state index is 0.257. The van der Waals surface area contributed by atoms with Crippen molar-refractivity contribution in [2.24, 2.45) is 0 Å². The third kappa shape index (κ3) is 2.24. The van der Waals surface area contributed by atoms with E-state index in [9.17, 15) is 15.3 Å². The zero-order chi connectivity index (χ0) is 17.8. The number of hydrogen-bond donors (Lipinski definition) is 4. The van der Waals surface area contributed by atoms with Crippen LogP contribution in [0.15, 0.2) is 35.3 Å². The van der Waals surface area contributed by atoms with Gasteiger partial charge < -0.3 is 34.8 Å². The maximum atomic E-state index is 10.7. The Morgan fingerprint density at radius 3 is 2.84 bits per heavy atom. The van der Waals surface area contributed by atoms with Crippen LogP contribution in [0.25, 0.3) is 22.4 Å². The quantitative estimate of drug-likeness (QED) is 0.530. The van der Waals surface area contributed by atoms with Crippen molar-refractivity contribution in [2.75, 3.05) is 12.3 Å². The fourth-order valence-electron chi connectivity index (χ4n) is 3.30. The first kappa shape index (κ1) is 16.0. The van der Waals surface area contributed by atoms with Crippen LogP contribution in [0.5, 0.6) is 0 Å². The van der Waals surface area contributed by atoms with Crippen molar-refractivity contribution in [3.63, 3.8) is 0 Å². The third-order valence-corrected chi connectivity index (χ3v) is 4.61. The molecule has 132 valence electrons. The lowest BCUT2D eigenvalue weighted by Crippen LogP contribution is -2.44. The van der Waals surface area contributed by atoms with E-state index in [4.69, 9.17) is 14.9 Å². The monoisotopic (exact) mass is 346 g/mol. The van der Waals surface area contributed by atoms with Crippen LogP contribution in [0.4, 0.5) is 5.82 Å². The Morgan fingerprint density at radius 2 is 2.20 bits per heavy atom. The molecule has 0 radical (unpaired) electrons. The van der Waals surface area contributed by atoms with Crippen molar-refractivity contribution < 1.29 is 24.5 Å². The van der Waals surface area contributed by atoms with Crippen LogP contribution in [0, 0.1) is 0 Å². The van der Waals surface area contributed by atoms with Gasteiger partial charge in [0.05, 0.1) is 18.3 Å². The fourth-order valence-corrected chi connectivity index (χ4v) is 3.30. The van der Waals surface area contributed by atoms with Gasteiger partial charge in [-0.05, 0) is 19.1 Å². The highest BCUT2D eigenvalue weighted by Gasteiger charge is 2.53. The number of anilines is 1. The second-order valence-electron chi connectivity index (χ2n) is 6.26. The summed E-state index contributed by atoms with van der Waals surface area (Å²) >= 11 is 0. The molecule has 0 bridgehead atoms. The first-order valence-corrected chi connectivity index (χ1v) is 7.76. The van der Waals surface area contributed by atoms with Crippen molar-refractivity contribution in [3.8, 4) is 11.3 Å². The van der Waals surface area contributed by atoms with E-state index in [-0.39, 0.29) is 5.82 Å². The van der Waals surface area contributed by atoms with E-state index in [0.717, 1.165) is 0 Å². The Kier molecular flexibility index (Phi) is 3.55. The maximum Gasteiger partial charge on any atom is 0.167 e. The van der Waals surface area contributed by atoms with E-state index in [1.165, 1.54) is 19.5 Å². The number of furan rings is 1. The average Bonchev–Trinajstić information content (AvgIpc) is 3.27. The summed E-state index contributed by atoms with van der Waals surface area (Å²) in [5, 5.41) is 30.9. The van der Waals surface area contributed by atoms with Crippen molar-refractivity contribution in [1.29, 1.82) is 0 Å². The molecule has 5 N–H and O–H groups in total. The highest BCUT2D eigenvalue weighted by Crippen LogP contribution is 2.42. The van der Waals surface area contributed by atoms with Gasteiger partial charge in [0.1, 0.15) is 41.4 Å². The molecule has 1 aliphatic rings. The molecule has 0 unspecified atom stereocenters. The molecule has 0 spiro atoms. The number of aromatic nitrogens is 3. The third-order valence-electron chi connectivity index (χ3n) is 4.61. The molecule has 1 fully saturated rings. The molecule has 3 aromatic rings. The number of aliphatic hydroxyl groups is 3. The SMILES string of the molecule is C[C@@]1(O)[C@H](O)[C@@H](CO)O[C@H]1n1cc(-c2ccco2)c2c(N)ncnc21. The summed E-state index contributed by atoms with van der Waals surface area (Å²) < 4.78 is 12.7. The predicted molar refractivity (Wildman–Crippen MR) is 87.3 cm³/mol. The van der Waals surface area contributed by atoms with Crippen molar-refractivity contribution in [3.05, 3.63) is 30.9 Å². The number of nitrogens with two attached hydrogens (primary N) is 1. The number of nitrogen functional groups attached to an aromatic ring is 1. The summed E-state index contributed by atoms with van der Waals surface area (Å²) in [6, 6.07) is 3.51. The van der Waals surface area contributed by atoms with Crippen LogP contribution >= 0.6 is 0 Å². The lowest BCUT2D eigenvalue weighted by atomic mass is 9.96. The average molecular weight is 346 g/mol. The molecular formula is C16H18N4O5. The fraction of sp³-hybridized carbons (Fsp3) is 0.375. The Hall–Kier alpha value is -2.46. The van der Waals surface area contributed by atoms with E-state index < -0.39 is 30.6 Å². The van der Waals surface area contributed by atoms with Gasteiger partial charge in [0.25, 0.3) is 0 Å². The van der Waals surface area contributed by atoms with Crippen LogP contribution < -0.4 is 5.73 Å². The molecule has 0 amide bonds. The number of nitrogens with zero attached hydrogens (tertiary/aromatic N) is 3. The topological polar surface area (TPSA) is 140 Å². The second kappa shape index (κ2) is 5.53. The number of fused-ring (bicyclic) bond motifs is 1. The van der Waals surface area contributed by atoms with Gasteiger partial charge >= 0.3 is 0 Å². The normalized spacial score (nSPS) is 29.5. The van der Waals surface area contributed by atoms with E-state index >= 15 is 0 Å². The van der Waals surface area contributed by atoms with Crippen molar-refractivity contribution >= 4 is 16.9 Å². The number of ether oxygens (including phenoxy) is 1. The number of aliphatic hydroxyl groups excluding tert-OH is 2. The molecule has 4 rings (SSSR count). The largest absolute Gasteiger partial charge is 0.464 e. The summed E-state index contributed by atoms with van der Waals surface area (Å²) in [7, 11) is 0. The molecule has 1 aliphatic heterocycles. The second-order valence-corrected chi connectivity index (χ2v) is 6.26. The summed E-state index contributed by atoms with van der Waals surface area (Å²) in [6.45, 7) is 1.02. The van der Waals surface area contributed by atoms with E-state index in [1.807, 2.05) is 0 Å². The molecule has 3 aromatic heterocycles. The first-order valence-electron chi connectivity index (χ1n) is 7.76. The molecule has 0 saturated carbocycles. The first-order chi connectivity index (χ1) is 11.9. The number of rotatable bonds is 3. The Morgan fingerprint density at radius 1 is 1.40 bits per heavy atom. The van der Waals surface area contributed by atoms with Crippen LogP contribution in [0.2, 0.25) is 0 Å². The van der Waals surface area contributed by atoms with Crippen molar-refractivity contribution in [2.45, 2.75) is 31.0 Å². The van der Waals surface area contributed by atoms with Crippen LogP contribution in [-0.4, -0.2) is 54.3 Å². The van der Waals surface area contributed by atoms with Gasteiger partial charge in [-0.1, -0.05) is 0 Å². The highest BCUT2D eigenvalue weighted by molar-refractivity contribution is 5.99. The maximum absolute atomic E-state index is 10.7. The van der Waals surface area contributed by atoms with E-state index in [0.29, 0.717) is 22.4 Å². The summed E-state index contributed by atoms with van der Waals surface area (Å²) in [6.07, 6.45) is 1.38. The highest BCUT2D eigenvalue weighted by atomic mass is 16.6. The minimum Gasteiger partial charge on any atom is -0.464 e. The zero-order valence-corrected chi connectivity index (χ0v) is 13.4. The van der Waals surface area contributed by atoms with Gasteiger partial charge in [-0.15, -0.1) is 0 Å². The summed E-state index contributed by atoms with van der Waals surface area (Å²) in [4.78, 5) is 8.27. The van der Waals surface area contributed by atoms with E-state index in [1.54, 1.807) is 22.9 Å². The zero-order valence-electron chi connectivity index (χ0n) is 13.4. The molecule has 0 aliphatic carbocycles.